The molecule has 0 radical (unpaired) electrons. The molecule has 1 amide bonds. The number of hydrogen-bond donors (Lipinski definition) is 2. The molecule has 0 spiro atoms. The van der Waals surface area contributed by atoms with E-state index in [4.69, 9.17) is 9.52 Å². The molecule has 0 aliphatic heterocycles. The summed E-state index contributed by atoms with van der Waals surface area (Å²) in [7, 11) is 0. The van der Waals surface area contributed by atoms with Gasteiger partial charge in [-0.2, -0.15) is 0 Å². The summed E-state index contributed by atoms with van der Waals surface area (Å²) < 4.78 is 4.92. The van der Waals surface area contributed by atoms with E-state index in [9.17, 15) is 9.59 Å². The van der Waals surface area contributed by atoms with E-state index in [-0.39, 0.29) is 11.5 Å². The number of rotatable bonds is 4. The molecule has 19 heavy (non-hydrogen) atoms. The molecule has 2 N–H and O–H groups in total. The lowest BCUT2D eigenvalue weighted by atomic mass is 10.3. The lowest BCUT2D eigenvalue weighted by Gasteiger charge is -2.04. The predicted octanol–water partition coefficient (Wildman–Crippen LogP) is 2.95. The highest BCUT2D eigenvalue weighted by Crippen LogP contribution is 2.19. The Bertz CT molecular complexity index is 621. The van der Waals surface area contributed by atoms with Crippen LogP contribution in [0.15, 0.2) is 45.7 Å². The smallest absolute Gasteiger partial charge is 0.371 e. The standard InChI is InChI=1S/C13H11NO4S/c1-19-9-4-2-3-8(7-9)14-12(15)10-5-6-11(18-10)13(16)17/h2-7H,1H3,(H,14,15)(H,16,17). The maximum absolute atomic E-state index is 11.8. The van der Waals surface area contributed by atoms with Crippen molar-refractivity contribution in [2.24, 2.45) is 0 Å². The van der Waals surface area contributed by atoms with Gasteiger partial charge in [0.1, 0.15) is 0 Å². The minimum atomic E-state index is -1.21. The minimum Gasteiger partial charge on any atom is -0.475 e. The molecule has 5 nitrogen and oxygen atoms in total. The lowest BCUT2D eigenvalue weighted by Crippen LogP contribution is -2.10. The van der Waals surface area contributed by atoms with Gasteiger partial charge >= 0.3 is 5.97 Å². The number of hydrogen-bond acceptors (Lipinski definition) is 4. The zero-order valence-electron chi connectivity index (χ0n) is 10.0. The second-order valence-corrected chi connectivity index (χ2v) is 4.53. The lowest BCUT2D eigenvalue weighted by molar-refractivity contribution is 0.0660. The average molecular weight is 277 g/mol. The van der Waals surface area contributed by atoms with E-state index >= 15 is 0 Å². The van der Waals surface area contributed by atoms with E-state index in [1.165, 1.54) is 12.1 Å². The van der Waals surface area contributed by atoms with Crippen LogP contribution in [0.3, 0.4) is 0 Å². The summed E-state index contributed by atoms with van der Waals surface area (Å²) in [5.74, 6) is -1.98. The SMILES string of the molecule is CSc1cccc(NC(=O)c2ccc(C(=O)O)o2)c1. The van der Waals surface area contributed by atoms with Crippen LogP contribution in [-0.2, 0) is 0 Å². The molecule has 1 aromatic heterocycles. The van der Waals surface area contributed by atoms with Crippen LogP contribution in [0.1, 0.15) is 21.1 Å². The zero-order valence-corrected chi connectivity index (χ0v) is 10.9. The minimum absolute atomic E-state index is 0.0352. The van der Waals surface area contributed by atoms with Gasteiger partial charge in [0.15, 0.2) is 5.76 Å². The zero-order chi connectivity index (χ0) is 13.8. The Kier molecular flexibility index (Phi) is 3.91. The highest BCUT2D eigenvalue weighted by molar-refractivity contribution is 7.98. The van der Waals surface area contributed by atoms with Crippen LogP contribution in [0.25, 0.3) is 0 Å². The molecule has 1 aromatic carbocycles. The van der Waals surface area contributed by atoms with Crippen LogP contribution in [0, 0.1) is 0 Å². The molecule has 0 fully saturated rings. The largest absolute Gasteiger partial charge is 0.475 e. The van der Waals surface area contributed by atoms with Gasteiger partial charge in [-0.1, -0.05) is 6.07 Å². The third kappa shape index (κ3) is 3.17. The molecule has 0 aliphatic carbocycles. The van der Waals surface area contributed by atoms with Crippen molar-refractivity contribution in [3.63, 3.8) is 0 Å². The van der Waals surface area contributed by atoms with Gasteiger partial charge in [0.05, 0.1) is 0 Å². The number of nitrogens with one attached hydrogen (secondary N) is 1. The molecule has 0 saturated carbocycles. The number of anilines is 1. The number of amides is 1. The average Bonchev–Trinajstić information content (AvgIpc) is 2.89. The second kappa shape index (κ2) is 5.62. The molecule has 0 bridgehead atoms. The normalized spacial score (nSPS) is 10.2. The van der Waals surface area contributed by atoms with Crippen LogP contribution < -0.4 is 5.32 Å². The summed E-state index contributed by atoms with van der Waals surface area (Å²) in [6.45, 7) is 0. The van der Waals surface area contributed by atoms with Gasteiger partial charge in [-0.05, 0) is 36.6 Å². The van der Waals surface area contributed by atoms with E-state index in [0.29, 0.717) is 5.69 Å². The Morgan fingerprint density at radius 3 is 2.58 bits per heavy atom. The quantitative estimate of drug-likeness (QED) is 0.840. The number of carboxylic acids is 1. The predicted molar refractivity (Wildman–Crippen MR) is 71.8 cm³/mol. The number of carboxylic acid groups (broad SMARTS) is 1. The Morgan fingerprint density at radius 2 is 1.95 bits per heavy atom. The molecular formula is C13H11NO4S. The maximum atomic E-state index is 11.8. The van der Waals surface area contributed by atoms with Gasteiger partial charge < -0.3 is 14.8 Å². The molecule has 2 rings (SSSR count). The first-order valence-corrected chi connectivity index (χ1v) is 6.61. The number of thioether (sulfide) groups is 1. The third-order valence-electron chi connectivity index (χ3n) is 2.37. The van der Waals surface area contributed by atoms with Crippen molar-refractivity contribution < 1.29 is 19.1 Å². The second-order valence-electron chi connectivity index (χ2n) is 3.66. The van der Waals surface area contributed by atoms with E-state index < -0.39 is 11.9 Å². The maximum Gasteiger partial charge on any atom is 0.371 e. The summed E-state index contributed by atoms with van der Waals surface area (Å²) in [4.78, 5) is 23.5. The third-order valence-corrected chi connectivity index (χ3v) is 3.09. The van der Waals surface area contributed by atoms with Crippen molar-refractivity contribution in [1.82, 2.24) is 0 Å². The highest BCUT2D eigenvalue weighted by Gasteiger charge is 2.14. The molecule has 2 aromatic rings. The molecule has 1 heterocycles. The van der Waals surface area contributed by atoms with Crippen molar-refractivity contribution in [3.05, 3.63) is 47.9 Å². The molecule has 0 unspecified atom stereocenters. The van der Waals surface area contributed by atoms with Crippen molar-refractivity contribution in [3.8, 4) is 0 Å². The van der Waals surface area contributed by atoms with Crippen LogP contribution in [0.4, 0.5) is 5.69 Å². The number of aromatic carboxylic acids is 1. The number of carbonyl (C=O) groups excluding carboxylic acids is 1. The van der Waals surface area contributed by atoms with Gasteiger partial charge in [-0.3, -0.25) is 4.79 Å². The highest BCUT2D eigenvalue weighted by atomic mass is 32.2. The summed E-state index contributed by atoms with van der Waals surface area (Å²) in [5.41, 5.74) is 0.630. The fourth-order valence-corrected chi connectivity index (χ4v) is 1.93. The molecular weight excluding hydrogens is 266 g/mol. The molecule has 6 heteroatoms. The molecule has 0 saturated heterocycles. The molecule has 98 valence electrons. The van der Waals surface area contributed by atoms with Gasteiger partial charge in [-0.15, -0.1) is 11.8 Å². The summed E-state index contributed by atoms with van der Waals surface area (Å²) in [6, 6.07) is 9.90. The van der Waals surface area contributed by atoms with Gasteiger partial charge in [0, 0.05) is 10.6 Å². The van der Waals surface area contributed by atoms with Crippen molar-refractivity contribution in [2.45, 2.75) is 4.90 Å². The van der Waals surface area contributed by atoms with Crippen LogP contribution in [0.5, 0.6) is 0 Å². The first-order chi connectivity index (χ1) is 9.10. The Morgan fingerprint density at radius 1 is 1.21 bits per heavy atom. The van der Waals surface area contributed by atoms with Crippen LogP contribution in [-0.4, -0.2) is 23.2 Å². The fourth-order valence-electron chi connectivity index (χ4n) is 1.47. The van der Waals surface area contributed by atoms with E-state index in [1.54, 1.807) is 17.8 Å². The van der Waals surface area contributed by atoms with Crippen molar-refractivity contribution >= 4 is 29.3 Å². The fraction of sp³-hybridized carbons (Fsp3) is 0.0769. The van der Waals surface area contributed by atoms with E-state index in [2.05, 4.69) is 5.32 Å². The van der Waals surface area contributed by atoms with Gasteiger partial charge in [0.25, 0.3) is 5.91 Å². The number of benzene rings is 1. The number of furan rings is 1. The Labute approximate surface area is 113 Å². The van der Waals surface area contributed by atoms with E-state index in [1.807, 2.05) is 24.5 Å². The van der Waals surface area contributed by atoms with E-state index in [0.717, 1.165) is 4.90 Å². The van der Waals surface area contributed by atoms with Gasteiger partial charge in [0.2, 0.25) is 5.76 Å². The summed E-state index contributed by atoms with van der Waals surface area (Å²) in [6.07, 6.45) is 1.94. The first kappa shape index (κ1) is 13.2. The van der Waals surface area contributed by atoms with Crippen molar-refractivity contribution in [1.29, 1.82) is 0 Å². The summed E-state index contributed by atoms with van der Waals surface area (Å²) >= 11 is 1.56. The Balaban J connectivity index is 2.13. The monoisotopic (exact) mass is 277 g/mol. The molecule has 0 aliphatic rings. The van der Waals surface area contributed by atoms with Gasteiger partial charge in [-0.25, -0.2) is 4.79 Å². The number of carbonyl (C=O) groups is 2. The van der Waals surface area contributed by atoms with Crippen LogP contribution in [0.2, 0.25) is 0 Å². The Hall–Kier alpha value is -2.21. The topological polar surface area (TPSA) is 79.5 Å². The molecule has 0 atom stereocenters. The summed E-state index contributed by atoms with van der Waals surface area (Å²) in [5, 5.41) is 11.4. The van der Waals surface area contributed by atoms with Crippen molar-refractivity contribution in [2.75, 3.05) is 11.6 Å². The first-order valence-electron chi connectivity index (χ1n) is 5.38. The van der Waals surface area contributed by atoms with Crippen LogP contribution >= 0.6 is 11.8 Å².